The zero-order chi connectivity index (χ0) is 16.8. The van der Waals surface area contributed by atoms with Crippen molar-refractivity contribution < 1.29 is 4.79 Å². The summed E-state index contributed by atoms with van der Waals surface area (Å²) in [6.07, 6.45) is 2.18. The van der Waals surface area contributed by atoms with Crippen LogP contribution in [0.5, 0.6) is 0 Å². The largest absolute Gasteiger partial charge is 0.321 e. The number of rotatable bonds is 2. The predicted molar refractivity (Wildman–Crippen MR) is 103 cm³/mol. The van der Waals surface area contributed by atoms with Crippen LogP contribution in [0.4, 0.5) is 5.69 Å². The highest BCUT2D eigenvalue weighted by molar-refractivity contribution is 6.11. The number of carbonyl (C=O) groups excluding carboxylic acids is 1. The summed E-state index contributed by atoms with van der Waals surface area (Å²) >= 11 is 0. The van der Waals surface area contributed by atoms with E-state index in [0.29, 0.717) is 5.56 Å². The molecule has 0 unspecified atom stereocenters. The van der Waals surface area contributed by atoms with Crippen LogP contribution in [-0.4, -0.2) is 5.91 Å². The fourth-order valence-electron chi connectivity index (χ4n) is 3.88. The molecule has 4 aromatic rings. The Hall–Kier alpha value is -3.13. The third-order valence-corrected chi connectivity index (χ3v) is 5.14. The second-order valence-electron chi connectivity index (χ2n) is 6.63. The summed E-state index contributed by atoms with van der Waals surface area (Å²) in [6, 6.07) is 24.5. The first kappa shape index (κ1) is 14.2. The Morgan fingerprint density at radius 3 is 2.44 bits per heavy atom. The highest BCUT2D eigenvalue weighted by atomic mass is 16.1. The minimum atomic E-state index is -0.0653. The number of hydrogen-bond acceptors (Lipinski definition) is 1. The van der Waals surface area contributed by atoms with Crippen LogP contribution >= 0.6 is 0 Å². The van der Waals surface area contributed by atoms with E-state index in [1.807, 2.05) is 42.5 Å². The fourth-order valence-corrected chi connectivity index (χ4v) is 3.88. The molecule has 0 spiro atoms. The van der Waals surface area contributed by atoms with E-state index in [2.05, 4.69) is 35.6 Å². The summed E-state index contributed by atoms with van der Waals surface area (Å²) in [5.41, 5.74) is 4.34. The molecule has 1 N–H and O–H groups in total. The first-order chi connectivity index (χ1) is 12.3. The quantitative estimate of drug-likeness (QED) is 0.530. The van der Waals surface area contributed by atoms with E-state index in [-0.39, 0.29) is 5.91 Å². The van der Waals surface area contributed by atoms with Crippen LogP contribution in [0.25, 0.3) is 21.5 Å². The maximum absolute atomic E-state index is 12.8. The average molecular weight is 323 g/mol. The minimum absolute atomic E-state index is 0.0653. The van der Waals surface area contributed by atoms with Gasteiger partial charge in [-0.3, -0.25) is 4.79 Å². The van der Waals surface area contributed by atoms with Gasteiger partial charge in [-0.15, -0.1) is 0 Å². The van der Waals surface area contributed by atoms with Crippen molar-refractivity contribution >= 4 is 33.1 Å². The van der Waals surface area contributed by atoms with Crippen molar-refractivity contribution in [1.29, 1.82) is 0 Å². The van der Waals surface area contributed by atoms with E-state index in [1.165, 1.54) is 16.5 Å². The second-order valence-corrected chi connectivity index (χ2v) is 6.63. The predicted octanol–water partition coefficient (Wildman–Crippen LogP) is 5.34. The van der Waals surface area contributed by atoms with Crippen LogP contribution in [0.15, 0.2) is 72.8 Å². The van der Waals surface area contributed by atoms with Crippen LogP contribution in [0.2, 0.25) is 0 Å². The number of fused-ring (bicyclic) bond motifs is 1. The standard InChI is InChI=1S/C23H17NO/c25-23(19-11-8-15-4-1-2-5-18(15)14-19)24-21-13-12-17-10-9-16-6-3-7-20(21)22(16)17/h1-8,11-14H,9-10H2,(H,24,25). The molecule has 120 valence electrons. The Balaban J connectivity index is 1.55. The average Bonchev–Trinajstić information content (AvgIpc) is 3.08. The molecule has 0 bridgehead atoms. The molecule has 2 nitrogen and oxygen atoms in total. The van der Waals surface area contributed by atoms with Crippen LogP contribution in [0, 0.1) is 0 Å². The van der Waals surface area contributed by atoms with Gasteiger partial charge >= 0.3 is 0 Å². The van der Waals surface area contributed by atoms with Crippen LogP contribution in [0.1, 0.15) is 21.5 Å². The van der Waals surface area contributed by atoms with E-state index in [9.17, 15) is 4.79 Å². The maximum Gasteiger partial charge on any atom is 0.255 e. The van der Waals surface area contributed by atoms with Gasteiger partial charge in [0.2, 0.25) is 0 Å². The molecule has 0 radical (unpaired) electrons. The molecule has 25 heavy (non-hydrogen) atoms. The van der Waals surface area contributed by atoms with Gasteiger partial charge in [0.25, 0.3) is 5.91 Å². The highest BCUT2D eigenvalue weighted by Gasteiger charge is 2.17. The molecule has 0 aliphatic heterocycles. The lowest BCUT2D eigenvalue weighted by molar-refractivity contribution is 0.102. The molecule has 1 aliphatic carbocycles. The molecule has 2 heteroatoms. The highest BCUT2D eigenvalue weighted by Crippen LogP contribution is 2.35. The maximum atomic E-state index is 12.8. The molecule has 4 aromatic carbocycles. The van der Waals surface area contributed by atoms with Crippen LogP contribution < -0.4 is 5.32 Å². The van der Waals surface area contributed by atoms with Crippen molar-refractivity contribution in [1.82, 2.24) is 0 Å². The van der Waals surface area contributed by atoms with Crippen LogP contribution in [-0.2, 0) is 12.8 Å². The van der Waals surface area contributed by atoms with Gasteiger partial charge in [-0.1, -0.05) is 54.6 Å². The molecule has 0 saturated heterocycles. The van der Waals surface area contributed by atoms with Gasteiger partial charge in [0.1, 0.15) is 0 Å². The van der Waals surface area contributed by atoms with E-state index in [1.54, 1.807) is 0 Å². The number of aryl methyl sites for hydroxylation is 2. The number of amides is 1. The molecular formula is C23H17NO. The van der Waals surface area contributed by atoms with Crippen molar-refractivity contribution in [3.05, 3.63) is 89.5 Å². The summed E-state index contributed by atoms with van der Waals surface area (Å²) in [7, 11) is 0. The molecular weight excluding hydrogens is 306 g/mol. The number of hydrogen-bond donors (Lipinski definition) is 1. The Bertz CT molecular complexity index is 1130. The summed E-state index contributed by atoms with van der Waals surface area (Å²) in [6.45, 7) is 0. The minimum Gasteiger partial charge on any atom is -0.321 e. The molecule has 0 atom stereocenters. The van der Waals surface area contributed by atoms with Gasteiger partial charge in [0.15, 0.2) is 0 Å². The summed E-state index contributed by atoms with van der Waals surface area (Å²) in [4.78, 5) is 12.8. The second kappa shape index (κ2) is 5.45. The summed E-state index contributed by atoms with van der Waals surface area (Å²) in [5.74, 6) is -0.0653. The van der Waals surface area contributed by atoms with Gasteiger partial charge in [0, 0.05) is 16.6 Å². The van der Waals surface area contributed by atoms with Gasteiger partial charge in [0.05, 0.1) is 0 Å². The number of benzene rings is 4. The van der Waals surface area contributed by atoms with Gasteiger partial charge in [-0.2, -0.15) is 0 Å². The van der Waals surface area contributed by atoms with E-state index in [4.69, 9.17) is 0 Å². The zero-order valence-electron chi connectivity index (χ0n) is 13.8. The Morgan fingerprint density at radius 1 is 0.760 bits per heavy atom. The lowest BCUT2D eigenvalue weighted by Gasteiger charge is -2.11. The molecule has 1 amide bonds. The fraction of sp³-hybridized carbons (Fsp3) is 0.0870. The van der Waals surface area contributed by atoms with E-state index in [0.717, 1.165) is 34.7 Å². The van der Waals surface area contributed by atoms with Crippen molar-refractivity contribution in [3.8, 4) is 0 Å². The monoisotopic (exact) mass is 323 g/mol. The Labute approximate surface area is 146 Å². The lowest BCUT2D eigenvalue weighted by atomic mass is 10.0. The number of nitrogens with one attached hydrogen (secondary N) is 1. The molecule has 0 fully saturated rings. The van der Waals surface area contributed by atoms with Crippen LogP contribution in [0.3, 0.4) is 0 Å². The molecule has 0 aromatic heterocycles. The van der Waals surface area contributed by atoms with Gasteiger partial charge < -0.3 is 5.32 Å². The molecule has 1 aliphatic rings. The first-order valence-corrected chi connectivity index (χ1v) is 8.63. The normalized spacial score (nSPS) is 12.6. The van der Waals surface area contributed by atoms with Gasteiger partial charge in [-0.25, -0.2) is 0 Å². The van der Waals surface area contributed by atoms with Crippen molar-refractivity contribution in [2.75, 3.05) is 5.32 Å². The Kier molecular flexibility index (Phi) is 3.10. The summed E-state index contributed by atoms with van der Waals surface area (Å²) < 4.78 is 0. The summed E-state index contributed by atoms with van der Waals surface area (Å²) in [5, 5.41) is 7.79. The SMILES string of the molecule is O=C(Nc1ccc2c3c(cccc13)CC2)c1ccc2ccccc2c1. The molecule has 0 saturated carbocycles. The first-order valence-electron chi connectivity index (χ1n) is 8.63. The van der Waals surface area contributed by atoms with Crippen molar-refractivity contribution in [2.24, 2.45) is 0 Å². The van der Waals surface area contributed by atoms with E-state index < -0.39 is 0 Å². The smallest absolute Gasteiger partial charge is 0.255 e. The third kappa shape index (κ3) is 2.30. The zero-order valence-corrected chi connectivity index (χ0v) is 13.8. The Morgan fingerprint density at radius 2 is 1.56 bits per heavy atom. The van der Waals surface area contributed by atoms with Gasteiger partial charge in [-0.05, 0) is 58.3 Å². The molecule has 5 rings (SSSR count). The molecule has 0 heterocycles. The van der Waals surface area contributed by atoms with Crippen molar-refractivity contribution in [2.45, 2.75) is 12.8 Å². The van der Waals surface area contributed by atoms with Crippen molar-refractivity contribution in [3.63, 3.8) is 0 Å². The number of carbonyl (C=O) groups is 1. The topological polar surface area (TPSA) is 29.1 Å². The lowest BCUT2D eigenvalue weighted by Crippen LogP contribution is -2.12. The number of anilines is 1. The third-order valence-electron chi connectivity index (χ3n) is 5.14. The van der Waals surface area contributed by atoms with E-state index >= 15 is 0 Å².